The van der Waals surface area contributed by atoms with E-state index in [1.165, 1.54) is 12.1 Å². The smallest absolute Gasteiger partial charge is 0.208 e. The number of benzene rings is 1. The first kappa shape index (κ1) is 14.7. The molecule has 0 radical (unpaired) electrons. The Bertz CT molecular complexity index is 716. The number of sulfonamides is 1. The fourth-order valence-electron chi connectivity index (χ4n) is 1.87. The molecule has 1 heterocycles. The quantitative estimate of drug-likeness (QED) is 0.923. The zero-order valence-electron chi connectivity index (χ0n) is 10.9. The molecule has 1 N–H and O–H groups in total. The molecule has 1 atom stereocenters. The van der Waals surface area contributed by atoms with E-state index >= 15 is 0 Å². The summed E-state index contributed by atoms with van der Waals surface area (Å²) >= 11 is 1.59. The average Bonchev–Trinajstić information content (AvgIpc) is 2.91. The van der Waals surface area contributed by atoms with Crippen molar-refractivity contribution < 1.29 is 8.42 Å². The molecule has 2 rings (SSSR count). The molecule has 4 nitrogen and oxygen atoms in total. The topological polar surface area (TPSA) is 70.0 Å². The van der Waals surface area contributed by atoms with Gasteiger partial charge in [0.25, 0.3) is 0 Å². The number of nitrogens with zero attached hydrogens (tertiary/aromatic N) is 1. The maximum absolute atomic E-state index is 12.2. The summed E-state index contributed by atoms with van der Waals surface area (Å²) in [7, 11) is -3.59. The molecule has 0 amide bonds. The fourth-order valence-corrected chi connectivity index (χ4v) is 3.84. The van der Waals surface area contributed by atoms with E-state index in [1.54, 1.807) is 23.5 Å². The number of hydrogen-bond donors (Lipinski definition) is 1. The van der Waals surface area contributed by atoms with Crippen LogP contribution in [0.25, 0.3) is 0 Å². The fraction of sp³-hybridized carbons (Fsp3) is 0.214. The third kappa shape index (κ3) is 3.67. The molecule has 6 heteroatoms. The van der Waals surface area contributed by atoms with Gasteiger partial charge in [-0.25, -0.2) is 13.1 Å². The zero-order valence-corrected chi connectivity index (χ0v) is 12.5. The minimum absolute atomic E-state index is 0.119. The third-order valence-corrected chi connectivity index (χ3v) is 5.07. The van der Waals surface area contributed by atoms with Crippen LogP contribution in [0.5, 0.6) is 0 Å². The van der Waals surface area contributed by atoms with E-state index in [2.05, 4.69) is 4.72 Å². The van der Waals surface area contributed by atoms with Crippen molar-refractivity contribution in [3.8, 4) is 6.07 Å². The highest BCUT2D eigenvalue weighted by Gasteiger charge is 2.18. The van der Waals surface area contributed by atoms with Gasteiger partial charge < -0.3 is 0 Å². The van der Waals surface area contributed by atoms with E-state index in [0.29, 0.717) is 12.0 Å². The standard InChI is InChI=1S/C14H14N2O2S2/c1-11(7-13-5-6-19-10-13)16-20(17,18)14-4-2-3-12(8-14)9-15/h2-6,8,10-11,16H,7H2,1H3. The second-order valence-corrected chi connectivity index (χ2v) is 6.99. The summed E-state index contributed by atoms with van der Waals surface area (Å²) in [5, 5.41) is 12.8. The molecule has 20 heavy (non-hydrogen) atoms. The van der Waals surface area contributed by atoms with Crippen LogP contribution in [0.2, 0.25) is 0 Å². The first-order valence-electron chi connectivity index (χ1n) is 6.05. The van der Waals surface area contributed by atoms with E-state index in [0.717, 1.165) is 5.56 Å². The molecular formula is C14H14N2O2S2. The van der Waals surface area contributed by atoms with E-state index in [9.17, 15) is 8.42 Å². The summed E-state index contributed by atoms with van der Waals surface area (Å²) in [5.74, 6) is 0. The molecule has 1 aromatic heterocycles. The van der Waals surface area contributed by atoms with Gasteiger partial charge in [0.15, 0.2) is 0 Å². The molecule has 0 aliphatic carbocycles. The monoisotopic (exact) mass is 306 g/mol. The average molecular weight is 306 g/mol. The van der Waals surface area contributed by atoms with Crippen LogP contribution in [0.1, 0.15) is 18.1 Å². The van der Waals surface area contributed by atoms with Crippen LogP contribution < -0.4 is 4.72 Å². The van der Waals surface area contributed by atoms with Gasteiger partial charge in [-0.1, -0.05) is 6.07 Å². The Morgan fingerprint density at radius 2 is 2.20 bits per heavy atom. The normalized spacial score (nSPS) is 12.8. The minimum Gasteiger partial charge on any atom is -0.208 e. The van der Waals surface area contributed by atoms with Crippen LogP contribution in [0.3, 0.4) is 0 Å². The van der Waals surface area contributed by atoms with Crippen molar-refractivity contribution in [2.45, 2.75) is 24.3 Å². The van der Waals surface area contributed by atoms with Gasteiger partial charge in [0.1, 0.15) is 0 Å². The van der Waals surface area contributed by atoms with Crippen LogP contribution in [-0.2, 0) is 16.4 Å². The predicted octanol–water partition coefficient (Wildman–Crippen LogP) is 2.53. The summed E-state index contributed by atoms with van der Waals surface area (Å²) in [5.41, 5.74) is 1.44. The minimum atomic E-state index is -3.59. The van der Waals surface area contributed by atoms with Crippen molar-refractivity contribution in [2.75, 3.05) is 0 Å². The van der Waals surface area contributed by atoms with Gasteiger partial charge in [-0.2, -0.15) is 16.6 Å². The number of thiophene rings is 1. The second kappa shape index (κ2) is 6.18. The van der Waals surface area contributed by atoms with Crippen molar-refractivity contribution in [1.29, 1.82) is 5.26 Å². The second-order valence-electron chi connectivity index (χ2n) is 4.50. The lowest BCUT2D eigenvalue weighted by Crippen LogP contribution is -2.34. The Balaban J connectivity index is 2.12. The Morgan fingerprint density at radius 1 is 1.40 bits per heavy atom. The van der Waals surface area contributed by atoms with Gasteiger partial charge in [0, 0.05) is 6.04 Å². The largest absolute Gasteiger partial charge is 0.240 e. The number of rotatable bonds is 5. The third-order valence-electron chi connectivity index (χ3n) is 2.75. The summed E-state index contributed by atoms with van der Waals surface area (Å²) in [4.78, 5) is 0.119. The molecular weight excluding hydrogens is 292 g/mol. The summed E-state index contributed by atoms with van der Waals surface area (Å²) in [6.07, 6.45) is 0.640. The van der Waals surface area contributed by atoms with Gasteiger partial charge in [-0.15, -0.1) is 0 Å². The molecule has 104 valence electrons. The van der Waals surface area contributed by atoms with Crippen LogP contribution in [0.4, 0.5) is 0 Å². The number of nitriles is 1. The highest BCUT2D eigenvalue weighted by atomic mass is 32.2. The number of nitrogens with one attached hydrogen (secondary N) is 1. The molecule has 0 bridgehead atoms. The summed E-state index contributed by atoms with van der Waals surface area (Å²) in [6, 6.07) is 9.71. The lowest BCUT2D eigenvalue weighted by Gasteiger charge is -2.13. The van der Waals surface area contributed by atoms with Crippen molar-refractivity contribution >= 4 is 21.4 Å². The van der Waals surface area contributed by atoms with Gasteiger partial charge in [0.2, 0.25) is 10.0 Å². The molecule has 0 spiro atoms. The Kier molecular flexibility index (Phi) is 4.55. The molecule has 0 aliphatic rings. The van der Waals surface area contributed by atoms with Crippen molar-refractivity contribution in [2.24, 2.45) is 0 Å². The first-order chi connectivity index (χ1) is 9.51. The van der Waals surface area contributed by atoms with Crippen molar-refractivity contribution in [3.63, 3.8) is 0 Å². The van der Waals surface area contributed by atoms with E-state index < -0.39 is 10.0 Å². The molecule has 0 aliphatic heterocycles. The van der Waals surface area contributed by atoms with E-state index in [1.807, 2.05) is 29.8 Å². The van der Waals surface area contributed by atoms with Crippen LogP contribution in [0, 0.1) is 11.3 Å². The zero-order chi connectivity index (χ0) is 14.6. The van der Waals surface area contributed by atoms with Gasteiger partial charge >= 0.3 is 0 Å². The Labute approximate surface area is 122 Å². The summed E-state index contributed by atoms with van der Waals surface area (Å²) in [6.45, 7) is 1.82. The summed E-state index contributed by atoms with van der Waals surface area (Å²) < 4.78 is 27.1. The van der Waals surface area contributed by atoms with E-state index in [4.69, 9.17) is 5.26 Å². The lowest BCUT2D eigenvalue weighted by atomic mass is 10.1. The molecule has 1 aromatic carbocycles. The van der Waals surface area contributed by atoms with Crippen molar-refractivity contribution in [3.05, 3.63) is 52.2 Å². The molecule has 2 aromatic rings. The lowest BCUT2D eigenvalue weighted by molar-refractivity contribution is 0.560. The molecule has 0 fully saturated rings. The van der Waals surface area contributed by atoms with Gasteiger partial charge in [-0.05, 0) is 53.9 Å². The van der Waals surface area contributed by atoms with Gasteiger partial charge in [-0.3, -0.25) is 0 Å². The first-order valence-corrected chi connectivity index (χ1v) is 8.47. The maximum Gasteiger partial charge on any atom is 0.240 e. The maximum atomic E-state index is 12.2. The Morgan fingerprint density at radius 3 is 2.85 bits per heavy atom. The molecule has 1 unspecified atom stereocenters. The van der Waals surface area contributed by atoms with Crippen LogP contribution >= 0.6 is 11.3 Å². The number of hydrogen-bond acceptors (Lipinski definition) is 4. The van der Waals surface area contributed by atoms with Crippen molar-refractivity contribution in [1.82, 2.24) is 4.72 Å². The molecule has 0 saturated carbocycles. The highest BCUT2D eigenvalue weighted by molar-refractivity contribution is 7.89. The molecule has 0 saturated heterocycles. The van der Waals surface area contributed by atoms with E-state index in [-0.39, 0.29) is 10.9 Å². The van der Waals surface area contributed by atoms with Gasteiger partial charge in [0.05, 0.1) is 16.5 Å². The Hall–Kier alpha value is -1.68. The predicted molar refractivity (Wildman–Crippen MR) is 79.0 cm³/mol. The highest BCUT2D eigenvalue weighted by Crippen LogP contribution is 2.13. The SMILES string of the molecule is CC(Cc1ccsc1)NS(=O)(=O)c1cccc(C#N)c1. The van der Waals surface area contributed by atoms with Crippen LogP contribution in [-0.4, -0.2) is 14.5 Å². The van der Waals surface area contributed by atoms with Crippen LogP contribution in [0.15, 0.2) is 46.0 Å².